The van der Waals surface area contributed by atoms with Crippen LogP contribution < -0.4 is 4.90 Å². The molecule has 2 heterocycles. The maximum Gasteiger partial charge on any atom is 0.228 e. The number of piperidine rings is 1. The van der Waals surface area contributed by atoms with Crippen LogP contribution in [0.5, 0.6) is 0 Å². The van der Waals surface area contributed by atoms with E-state index in [0.717, 1.165) is 31.1 Å². The molecule has 0 aromatic heterocycles. The molecule has 3 aliphatic rings. The van der Waals surface area contributed by atoms with Crippen molar-refractivity contribution in [2.24, 2.45) is 5.92 Å². The lowest BCUT2D eigenvalue weighted by Gasteiger charge is -2.44. The Balaban J connectivity index is 1.56. The summed E-state index contributed by atoms with van der Waals surface area (Å²) in [7, 11) is 0. The molecule has 2 aliphatic heterocycles. The fourth-order valence-electron chi connectivity index (χ4n) is 4.19. The summed E-state index contributed by atoms with van der Waals surface area (Å²) in [5, 5.41) is 8.93. The summed E-state index contributed by atoms with van der Waals surface area (Å²) in [6.45, 7) is 3.13. The van der Waals surface area contributed by atoms with Gasteiger partial charge < -0.3 is 4.90 Å². The highest BCUT2D eigenvalue weighted by atomic mass is 16.2. The zero-order chi connectivity index (χ0) is 15.9. The Labute approximate surface area is 137 Å². The van der Waals surface area contributed by atoms with Crippen molar-refractivity contribution in [1.29, 1.82) is 5.26 Å². The number of carbonyl (C=O) groups is 1. The second-order valence-corrected chi connectivity index (χ2v) is 7.39. The molecule has 23 heavy (non-hydrogen) atoms. The maximum atomic E-state index is 12.7. The molecule has 0 radical (unpaired) electrons. The smallest absolute Gasteiger partial charge is 0.228 e. The highest BCUT2D eigenvalue weighted by molar-refractivity contribution is 5.97. The van der Waals surface area contributed by atoms with Crippen LogP contribution in [0.1, 0.15) is 44.1 Å². The van der Waals surface area contributed by atoms with E-state index in [1.165, 1.54) is 32.2 Å². The molecule has 4 nitrogen and oxygen atoms in total. The van der Waals surface area contributed by atoms with E-state index in [4.69, 9.17) is 5.26 Å². The van der Waals surface area contributed by atoms with Crippen LogP contribution in [0, 0.1) is 17.2 Å². The number of likely N-dealkylation sites (tertiary alicyclic amines) is 1. The van der Waals surface area contributed by atoms with Gasteiger partial charge in [-0.3, -0.25) is 9.69 Å². The SMILES string of the molecule is N#Cc1ccc(N2CC3(CCCCN3CC3CC3)CC2=O)cc1. The highest BCUT2D eigenvalue weighted by Gasteiger charge is 2.49. The van der Waals surface area contributed by atoms with Crippen molar-refractivity contribution in [3.05, 3.63) is 29.8 Å². The Kier molecular flexibility index (Phi) is 3.61. The number of benzene rings is 1. The average Bonchev–Trinajstić information content (AvgIpc) is 3.33. The van der Waals surface area contributed by atoms with E-state index in [0.29, 0.717) is 12.0 Å². The van der Waals surface area contributed by atoms with E-state index in [1.807, 2.05) is 17.0 Å². The number of nitriles is 1. The first kappa shape index (κ1) is 14.7. The molecule has 3 fully saturated rings. The van der Waals surface area contributed by atoms with Gasteiger partial charge in [-0.05, 0) is 62.4 Å². The molecule has 4 heteroatoms. The van der Waals surface area contributed by atoms with Crippen LogP contribution in [0.25, 0.3) is 0 Å². The first-order chi connectivity index (χ1) is 11.2. The van der Waals surface area contributed by atoms with Crippen LogP contribution in [-0.2, 0) is 4.79 Å². The van der Waals surface area contributed by atoms with Gasteiger partial charge in [0.25, 0.3) is 0 Å². The number of amides is 1. The minimum absolute atomic E-state index is 0.0474. The molecule has 1 saturated carbocycles. The number of anilines is 1. The van der Waals surface area contributed by atoms with Crippen LogP contribution in [0.15, 0.2) is 24.3 Å². The van der Waals surface area contributed by atoms with Crippen LogP contribution in [-0.4, -0.2) is 36.0 Å². The lowest BCUT2D eigenvalue weighted by molar-refractivity contribution is -0.118. The lowest BCUT2D eigenvalue weighted by atomic mass is 9.85. The predicted octanol–water partition coefficient (Wildman–Crippen LogP) is 2.93. The van der Waals surface area contributed by atoms with Gasteiger partial charge in [0.05, 0.1) is 11.6 Å². The molecule has 1 unspecified atom stereocenters. The normalized spacial score (nSPS) is 28.3. The average molecular weight is 309 g/mol. The minimum atomic E-state index is 0.0474. The van der Waals surface area contributed by atoms with Crippen LogP contribution >= 0.6 is 0 Å². The predicted molar refractivity (Wildman–Crippen MR) is 89.0 cm³/mol. The number of rotatable bonds is 3. The quantitative estimate of drug-likeness (QED) is 0.862. The summed E-state index contributed by atoms with van der Waals surface area (Å²) in [6.07, 6.45) is 7.01. The van der Waals surface area contributed by atoms with Crippen molar-refractivity contribution in [3.8, 4) is 6.07 Å². The van der Waals surface area contributed by atoms with Gasteiger partial charge in [-0.1, -0.05) is 6.42 Å². The van der Waals surface area contributed by atoms with Crippen molar-refractivity contribution in [2.45, 2.75) is 44.1 Å². The molecule has 1 aromatic carbocycles. The van der Waals surface area contributed by atoms with Gasteiger partial charge in [0.15, 0.2) is 0 Å². The van der Waals surface area contributed by atoms with Crippen molar-refractivity contribution in [2.75, 3.05) is 24.5 Å². The minimum Gasteiger partial charge on any atom is -0.310 e. The van der Waals surface area contributed by atoms with E-state index in [9.17, 15) is 4.79 Å². The molecule has 0 N–H and O–H groups in total. The van der Waals surface area contributed by atoms with Gasteiger partial charge >= 0.3 is 0 Å². The zero-order valence-corrected chi connectivity index (χ0v) is 13.5. The maximum absolute atomic E-state index is 12.7. The summed E-state index contributed by atoms with van der Waals surface area (Å²) < 4.78 is 0. The van der Waals surface area contributed by atoms with Gasteiger partial charge in [-0.2, -0.15) is 5.26 Å². The molecule has 1 amide bonds. The zero-order valence-electron chi connectivity index (χ0n) is 13.5. The monoisotopic (exact) mass is 309 g/mol. The van der Waals surface area contributed by atoms with Gasteiger partial charge in [0, 0.05) is 30.7 Å². The number of hydrogen-bond acceptors (Lipinski definition) is 3. The molecular formula is C19H23N3O. The van der Waals surface area contributed by atoms with Crippen LogP contribution in [0.2, 0.25) is 0 Å². The summed E-state index contributed by atoms with van der Waals surface area (Å²) in [6, 6.07) is 9.55. The van der Waals surface area contributed by atoms with Crippen LogP contribution in [0.4, 0.5) is 5.69 Å². The molecule has 1 aliphatic carbocycles. The number of nitrogens with zero attached hydrogens (tertiary/aromatic N) is 3. The van der Waals surface area contributed by atoms with E-state index < -0.39 is 0 Å². The second kappa shape index (κ2) is 5.65. The van der Waals surface area contributed by atoms with Gasteiger partial charge in [0.1, 0.15) is 0 Å². The third kappa shape index (κ3) is 2.74. The van der Waals surface area contributed by atoms with Gasteiger partial charge in [0.2, 0.25) is 5.91 Å². The molecule has 2 saturated heterocycles. The highest BCUT2D eigenvalue weighted by Crippen LogP contribution is 2.41. The summed E-state index contributed by atoms with van der Waals surface area (Å²) >= 11 is 0. The first-order valence-corrected chi connectivity index (χ1v) is 8.76. The van der Waals surface area contributed by atoms with Crippen molar-refractivity contribution in [3.63, 3.8) is 0 Å². The van der Waals surface area contributed by atoms with Crippen molar-refractivity contribution < 1.29 is 4.79 Å². The Morgan fingerprint density at radius 3 is 2.70 bits per heavy atom. The lowest BCUT2D eigenvalue weighted by Crippen LogP contribution is -2.54. The molecule has 0 bridgehead atoms. The van der Waals surface area contributed by atoms with Crippen molar-refractivity contribution in [1.82, 2.24) is 4.90 Å². The fourth-order valence-corrected chi connectivity index (χ4v) is 4.19. The molecule has 4 rings (SSSR count). The van der Waals surface area contributed by atoms with E-state index in [-0.39, 0.29) is 11.4 Å². The standard InChI is InChI=1S/C19H23N3O/c20-12-15-5-7-17(8-6-15)22-14-19(11-18(22)23)9-1-2-10-21(19)13-16-3-4-16/h5-8,16H,1-4,9-11,13-14H2. The fraction of sp³-hybridized carbons (Fsp3) is 0.579. The third-order valence-electron chi connectivity index (χ3n) is 5.71. The number of hydrogen-bond donors (Lipinski definition) is 0. The molecule has 1 spiro atoms. The summed E-state index contributed by atoms with van der Waals surface area (Å²) in [4.78, 5) is 17.2. The van der Waals surface area contributed by atoms with Crippen LogP contribution in [0.3, 0.4) is 0 Å². The van der Waals surface area contributed by atoms with E-state index in [2.05, 4.69) is 11.0 Å². The second-order valence-electron chi connectivity index (χ2n) is 7.39. The molecular weight excluding hydrogens is 286 g/mol. The van der Waals surface area contributed by atoms with Gasteiger partial charge in [-0.25, -0.2) is 0 Å². The summed E-state index contributed by atoms with van der Waals surface area (Å²) in [5.41, 5.74) is 1.62. The Bertz CT molecular complexity index is 644. The van der Waals surface area contributed by atoms with Gasteiger partial charge in [-0.15, -0.1) is 0 Å². The van der Waals surface area contributed by atoms with E-state index >= 15 is 0 Å². The van der Waals surface area contributed by atoms with Crippen molar-refractivity contribution >= 4 is 11.6 Å². The Morgan fingerprint density at radius 1 is 1.22 bits per heavy atom. The Hall–Kier alpha value is -1.86. The Morgan fingerprint density at radius 2 is 2.00 bits per heavy atom. The summed E-state index contributed by atoms with van der Waals surface area (Å²) in [5.74, 6) is 1.10. The molecule has 1 aromatic rings. The topological polar surface area (TPSA) is 47.3 Å². The molecule has 1 atom stereocenters. The first-order valence-electron chi connectivity index (χ1n) is 8.76. The van der Waals surface area contributed by atoms with E-state index in [1.54, 1.807) is 12.1 Å². The number of carbonyl (C=O) groups excluding carboxylic acids is 1. The molecule has 120 valence electrons. The largest absolute Gasteiger partial charge is 0.310 e. The third-order valence-corrected chi connectivity index (χ3v) is 5.71.